The smallest absolute Gasteiger partial charge is 0.251 e. The van der Waals surface area contributed by atoms with E-state index in [1.54, 1.807) is 11.8 Å². The molecule has 14 heavy (non-hydrogen) atoms. The standard InChI is InChI=1S/C8H11N3O2S/c1-11-6(12)4-5(7(11)13)10-8-9-2-3-14-8/h5H,2-4H2,1H3,(H,9,10). The van der Waals surface area contributed by atoms with Crippen LogP contribution in [0.4, 0.5) is 0 Å². The highest BCUT2D eigenvalue weighted by Crippen LogP contribution is 2.15. The van der Waals surface area contributed by atoms with Crippen LogP contribution >= 0.6 is 11.8 Å². The molecule has 2 aliphatic rings. The van der Waals surface area contributed by atoms with Crippen LogP contribution in [0.3, 0.4) is 0 Å². The van der Waals surface area contributed by atoms with Crippen molar-refractivity contribution in [3.05, 3.63) is 0 Å². The van der Waals surface area contributed by atoms with Gasteiger partial charge < -0.3 is 5.32 Å². The molecule has 0 bridgehead atoms. The van der Waals surface area contributed by atoms with Crippen molar-refractivity contribution < 1.29 is 9.59 Å². The molecule has 76 valence electrons. The van der Waals surface area contributed by atoms with Crippen molar-refractivity contribution in [1.29, 1.82) is 0 Å². The van der Waals surface area contributed by atoms with Crippen LogP contribution < -0.4 is 5.32 Å². The van der Waals surface area contributed by atoms with Gasteiger partial charge in [-0.2, -0.15) is 0 Å². The fourth-order valence-electron chi connectivity index (χ4n) is 1.44. The maximum absolute atomic E-state index is 11.5. The molecule has 0 aromatic carbocycles. The second-order valence-corrected chi connectivity index (χ2v) is 4.31. The number of amidine groups is 1. The zero-order chi connectivity index (χ0) is 10.1. The number of likely N-dealkylation sites (N-methyl/N-ethyl adjacent to an activating group) is 1. The first-order valence-corrected chi connectivity index (χ1v) is 5.41. The van der Waals surface area contributed by atoms with Crippen molar-refractivity contribution in [1.82, 2.24) is 10.2 Å². The number of amides is 2. The van der Waals surface area contributed by atoms with E-state index in [1.807, 2.05) is 0 Å². The lowest BCUT2D eigenvalue weighted by Gasteiger charge is -2.10. The second-order valence-electron chi connectivity index (χ2n) is 3.23. The van der Waals surface area contributed by atoms with Crippen LogP contribution in [0.15, 0.2) is 4.99 Å². The van der Waals surface area contributed by atoms with E-state index in [0.717, 1.165) is 22.4 Å². The highest BCUT2D eigenvalue weighted by atomic mass is 32.2. The number of carbonyl (C=O) groups excluding carboxylic acids is 2. The van der Waals surface area contributed by atoms with Crippen LogP contribution in [0.25, 0.3) is 0 Å². The van der Waals surface area contributed by atoms with Gasteiger partial charge in [-0.05, 0) is 0 Å². The van der Waals surface area contributed by atoms with Crippen LogP contribution in [0.2, 0.25) is 0 Å². The third-order valence-electron chi connectivity index (χ3n) is 2.26. The summed E-state index contributed by atoms with van der Waals surface area (Å²) in [6.45, 7) is 0.789. The lowest BCUT2D eigenvalue weighted by Crippen LogP contribution is -2.39. The van der Waals surface area contributed by atoms with Crippen LogP contribution in [0.5, 0.6) is 0 Å². The number of nitrogens with one attached hydrogen (secondary N) is 1. The minimum absolute atomic E-state index is 0.129. The van der Waals surface area contributed by atoms with Gasteiger partial charge in [0.1, 0.15) is 6.04 Å². The minimum Gasteiger partial charge on any atom is -0.353 e. The Morgan fingerprint density at radius 1 is 1.57 bits per heavy atom. The molecule has 2 heterocycles. The summed E-state index contributed by atoms with van der Waals surface area (Å²) < 4.78 is 0. The summed E-state index contributed by atoms with van der Waals surface area (Å²) in [5.41, 5.74) is 0. The number of hydrogen-bond acceptors (Lipinski definition) is 5. The fraction of sp³-hybridized carbons (Fsp3) is 0.625. The maximum Gasteiger partial charge on any atom is 0.251 e. The number of imide groups is 1. The molecule has 2 amide bonds. The molecule has 1 N–H and O–H groups in total. The van der Waals surface area contributed by atoms with E-state index in [0.29, 0.717) is 0 Å². The molecule has 0 aliphatic carbocycles. The summed E-state index contributed by atoms with van der Waals surface area (Å²) in [5.74, 6) is 0.661. The Morgan fingerprint density at radius 3 is 2.86 bits per heavy atom. The van der Waals surface area contributed by atoms with E-state index in [4.69, 9.17) is 0 Å². The van der Waals surface area contributed by atoms with Crippen LogP contribution in [-0.2, 0) is 9.59 Å². The molecule has 1 fully saturated rings. The average molecular weight is 213 g/mol. The molecular formula is C8H11N3O2S. The highest BCUT2D eigenvalue weighted by Gasteiger charge is 2.36. The second kappa shape index (κ2) is 3.61. The largest absolute Gasteiger partial charge is 0.353 e. The number of carbonyl (C=O) groups is 2. The Hall–Kier alpha value is -1.04. The molecular weight excluding hydrogens is 202 g/mol. The Labute approximate surface area is 85.9 Å². The molecule has 1 unspecified atom stereocenters. The van der Waals surface area contributed by atoms with E-state index in [1.165, 1.54) is 7.05 Å². The predicted molar refractivity (Wildman–Crippen MR) is 54.1 cm³/mol. The molecule has 0 spiro atoms. The zero-order valence-corrected chi connectivity index (χ0v) is 8.63. The Balaban J connectivity index is 1.99. The summed E-state index contributed by atoms with van der Waals surface area (Å²) >= 11 is 1.59. The molecule has 0 radical (unpaired) electrons. The molecule has 0 saturated carbocycles. The van der Waals surface area contributed by atoms with Crippen LogP contribution in [-0.4, -0.2) is 47.3 Å². The number of hydrogen-bond donors (Lipinski definition) is 1. The van der Waals surface area contributed by atoms with E-state index in [2.05, 4.69) is 10.3 Å². The lowest BCUT2D eigenvalue weighted by molar-refractivity contribution is -0.137. The first-order valence-electron chi connectivity index (χ1n) is 4.42. The van der Waals surface area contributed by atoms with Gasteiger partial charge in [0, 0.05) is 12.8 Å². The van der Waals surface area contributed by atoms with Crippen molar-refractivity contribution >= 4 is 28.7 Å². The van der Waals surface area contributed by atoms with E-state index >= 15 is 0 Å². The summed E-state index contributed by atoms with van der Waals surface area (Å²) in [7, 11) is 1.51. The van der Waals surface area contributed by atoms with Gasteiger partial charge >= 0.3 is 0 Å². The van der Waals surface area contributed by atoms with Gasteiger partial charge in [0.25, 0.3) is 5.91 Å². The van der Waals surface area contributed by atoms with E-state index in [9.17, 15) is 9.59 Å². The fourth-order valence-corrected chi connectivity index (χ4v) is 2.22. The number of rotatable bonds is 1. The lowest BCUT2D eigenvalue weighted by atomic mass is 10.2. The Bertz CT molecular complexity index is 316. The zero-order valence-electron chi connectivity index (χ0n) is 7.82. The van der Waals surface area contributed by atoms with Crippen molar-refractivity contribution in [2.24, 2.45) is 4.99 Å². The minimum atomic E-state index is -0.406. The van der Waals surface area contributed by atoms with Crippen molar-refractivity contribution in [2.45, 2.75) is 12.5 Å². The number of likely N-dealkylation sites (tertiary alicyclic amines) is 1. The third kappa shape index (κ3) is 1.61. The molecule has 6 heteroatoms. The predicted octanol–water partition coefficient (Wildman–Crippen LogP) is -0.564. The molecule has 1 saturated heterocycles. The molecule has 2 rings (SSSR count). The number of nitrogens with zero attached hydrogens (tertiary/aromatic N) is 2. The summed E-state index contributed by atoms with van der Waals surface area (Å²) in [6.07, 6.45) is 0.245. The molecule has 1 atom stereocenters. The number of thioether (sulfide) groups is 1. The Morgan fingerprint density at radius 2 is 2.36 bits per heavy atom. The molecule has 0 aromatic rings. The summed E-state index contributed by atoms with van der Waals surface area (Å²) in [5, 5.41) is 3.77. The third-order valence-corrected chi connectivity index (χ3v) is 3.17. The van der Waals surface area contributed by atoms with Crippen molar-refractivity contribution in [3.63, 3.8) is 0 Å². The molecule has 2 aliphatic heterocycles. The molecule has 0 aromatic heterocycles. The Kier molecular flexibility index (Phi) is 2.45. The quantitative estimate of drug-likeness (QED) is 0.593. The first-order chi connectivity index (χ1) is 6.68. The summed E-state index contributed by atoms with van der Waals surface area (Å²) in [6, 6.07) is -0.406. The average Bonchev–Trinajstić information content (AvgIpc) is 2.73. The van der Waals surface area contributed by atoms with Crippen molar-refractivity contribution in [3.8, 4) is 0 Å². The normalized spacial score (nSPS) is 27.1. The molecule has 5 nitrogen and oxygen atoms in total. The number of aliphatic imine (C=N–C) groups is 1. The topological polar surface area (TPSA) is 61.8 Å². The highest BCUT2D eigenvalue weighted by molar-refractivity contribution is 8.14. The van der Waals surface area contributed by atoms with E-state index in [-0.39, 0.29) is 18.2 Å². The van der Waals surface area contributed by atoms with Crippen molar-refractivity contribution in [2.75, 3.05) is 19.3 Å². The van der Waals surface area contributed by atoms with Gasteiger partial charge in [0.05, 0.1) is 13.0 Å². The van der Waals surface area contributed by atoms with Crippen LogP contribution in [0.1, 0.15) is 6.42 Å². The van der Waals surface area contributed by atoms with Crippen LogP contribution in [0, 0.1) is 0 Å². The van der Waals surface area contributed by atoms with Gasteiger partial charge in [-0.15, -0.1) is 0 Å². The monoisotopic (exact) mass is 213 g/mol. The maximum atomic E-state index is 11.5. The SMILES string of the molecule is CN1C(=O)CC(NC2=NCCS2)C1=O. The first kappa shape index (κ1) is 9.51. The van der Waals surface area contributed by atoms with Gasteiger partial charge in [0.15, 0.2) is 5.17 Å². The van der Waals surface area contributed by atoms with Gasteiger partial charge in [-0.25, -0.2) is 0 Å². The summed E-state index contributed by atoms with van der Waals surface area (Å²) in [4.78, 5) is 28.0. The van der Waals surface area contributed by atoms with E-state index < -0.39 is 6.04 Å². The van der Waals surface area contributed by atoms with Gasteiger partial charge in [-0.1, -0.05) is 11.8 Å². The van der Waals surface area contributed by atoms with Gasteiger partial charge in [0.2, 0.25) is 5.91 Å². The van der Waals surface area contributed by atoms with Gasteiger partial charge in [-0.3, -0.25) is 19.5 Å².